The molecule has 0 fully saturated rings. The Labute approximate surface area is 129 Å². The maximum atomic E-state index is 5.21. The molecule has 0 aliphatic carbocycles. The van der Waals surface area contributed by atoms with E-state index in [4.69, 9.17) is 9.72 Å². The van der Waals surface area contributed by atoms with Gasteiger partial charge >= 0.3 is 0 Å². The molecule has 5 nitrogen and oxygen atoms in total. The molecule has 0 saturated carbocycles. The van der Waals surface area contributed by atoms with Crippen molar-refractivity contribution in [1.29, 1.82) is 0 Å². The summed E-state index contributed by atoms with van der Waals surface area (Å²) in [5.74, 6) is 2.39. The van der Waals surface area contributed by atoms with Gasteiger partial charge in [-0.1, -0.05) is 0 Å². The SMILES string of the molecule is COc1ccc(-c2nc(-c3ccncc3)nn2C(C)C)cc1. The molecule has 112 valence electrons. The average molecular weight is 294 g/mol. The van der Waals surface area contributed by atoms with Crippen molar-refractivity contribution in [1.82, 2.24) is 19.7 Å². The maximum Gasteiger partial charge on any atom is 0.181 e. The lowest BCUT2D eigenvalue weighted by Crippen LogP contribution is -2.05. The van der Waals surface area contributed by atoms with Crippen molar-refractivity contribution in [2.45, 2.75) is 19.9 Å². The second-order valence-electron chi connectivity index (χ2n) is 5.26. The Kier molecular flexibility index (Phi) is 3.87. The van der Waals surface area contributed by atoms with Crippen molar-refractivity contribution in [3.8, 4) is 28.5 Å². The first-order valence-corrected chi connectivity index (χ1v) is 7.20. The summed E-state index contributed by atoms with van der Waals surface area (Å²) >= 11 is 0. The Morgan fingerprint density at radius 2 is 1.64 bits per heavy atom. The molecular formula is C17H18N4O. The fraction of sp³-hybridized carbons (Fsp3) is 0.235. The number of rotatable bonds is 4. The average Bonchev–Trinajstić information content (AvgIpc) is 3.01. The fourth-order valence-corrected chi connectivity index (χ4v) is 2.24. The van der Waals surface area contributed by atoms with Crippen molar-refractivity contribution in [2.75, 3.05) is 7.11 Å². The molecule has 3 rings (SSSR count). The van der Waals surface area contributed by atoms with Gasteiger partial charge in [-0.25, -0.2) is 9.67 Å². The molecule has 0 unspecified atom stereocenters. The summed E-state index contributed by atoms with van der Waals surface area (Å²) in [5.41, 5.74) is 1.98. The van der Waals surface area contributed by atoms with Crippen molar-refractivity contribution in [3.63, 3.8) is 0 Å². The smallest absolute Gasteiger partial charge is 0.181 e. The van der Waals surface area contributed by atoms with Gasteiger partial charge in [0.1, 0.15) is 5.75 Å². The van der Waals surface area contributed by atoms with E-state index in [1.54, 1.807) is 19.5 Å². The third kappa shape index (κ3) is 2.70. The quantitative estimate of drug-likeness (QED) is 0.738. The molecule has 0 aliphatic rings. The zero-order valence-corrected chi connectivity index (χ0v) is 12.9. The molecule has 2 aromatic heterocycles. The van der Waals surface area contributed by atoms with Crippen LogP contribution in [-0.4, -0.2) is 26.9 Å². The second kappa shape index (κ2) is 5.97. The van der Waals surface area contributed by atoms with Crippen molar-refractivity contribution < 1.29 is 4.74 Å². The lowest BCUT2D eigenvalue weighted by Gasteiger charge is -2.09. The zero-order valence-electron chi connectivity index (χ0n) is 12.9. The van der Waals surface area contributed by atoms with Gasteiger partial charge in [0.05, 0.1) is 7.11 Å². The number of hydrogen-bond donors (Lipinski definition) is 0. The number of nitrogens with zero attached hydrogens (tertiary/aromatic N) is 4. The number of hydrogen-bond acceptors (Lipinski definition) is 4. The highest BCUT2D eigenvalue weighted by atomic mass is 16.5. The van der Waals surface area contributed by atoms with Crippen molar-refractivity contribution in [3.05, 3.63) is 48.8 Å². The van der Waals surface area contributed by atoms with Gasteiger partial charge in [-0.05, 0) is 50.2 Å². The van der Waals surface area contributed by atoms with Gasteiger partial charge < -0.3 is 4.74 Å². The van der Waals surface area contributed by atoms with Gasteiger partial charge in [-0.15, -0.1) is 0 Å². The number of aromatic nitrogens is 4. The zero-order chi connectivity index (χ0) is 15.5. The van der Waals surface area contributed by atoms with Gasteiger partial charge in [0, 0.05) is 29.6 Å². The minimum atomic E-state index is 0.222. The van der Waals surface area contributed by atoms with Gasteiger partial charge in [-0.3, -0.25) is 4.98 Å². The third-order valence-electron chi connectivity index (χ3n) is 3.41. The molecule has 0 saturated heterocycles. The Balaban J connectivity index is 2.07. The maximum absolute atomic E-state index is 5.21. The fourth-order valence-electron chi connectivity index (χ4n) is 2.24. The van der Waals surface area contributed by atoms with E-state index in [-0.39, 0.29) is 6.04 Å². The van der Waals surface area contributed by atoms with Crippen LogP contribution in [0.25, 0.3) is 22.8 Å². The van der Waals surface area contributed by atoms with Crippen LogP contribution in [0.5, 0.6) is 5.75 Å². The van der Waals surface area contributed by atoms with Crippen LogP contribution < -0.4 is 4.74 Å². The standard InChI is InChI=1S/C17H18N4O/c1-12(2)21-17(14-4-6-15(22-3)7-5-14)19-16(20-21)13-8-10-18-11-9-13/h4-12H,1-3H3. The summed E-state index contributed by atoms with van der Waals surface area (Å²) in [6.45, 7) is 4.19. The molecule has 2 heterocycles. The topological polar surface area (TPSA) is 52.8 Å². The van der Waals surface area contributed by atoms with E-state index in [0.717, 1.165) is 22.7 Å². The first kappa shape index (κ1) is 14.3. The molecule has 0 spiro atoms. The molecule has 0 bridgehead atoms. The minimum Gasteiger partial charge on any atom is -0.497 e. The van der Waals surface area contributed by atoms with Crippen molar-refractivity contribution in [2.24, 2.45) is 0 Å². The molecule has 0 amide bonds. The highest BCUT2D eigenvalue weighted by molar-refractivity contribution is 5.62. The van der Waals surface area contributed by atoms with Crippen LogP contribution in [-0.2, 0) is 0 Å². The van der Waals surface area contributed by atoms with E-state index in [1.165, 1.54) is 0 Å². The van der Waals surface area contributed by atoms with Gasteiger partial charge in [0.2, 0.25) is 0 Å². The van der Waals surface area contributed by atoms with Crippen LogP contribution in [0, 0.1) is 0 Å². The van der Waals surface area contributed by atoms with E-state index in [9.17, 15) is 0 Å². The van der Waals surface area contributed by atoms with Crippen molar-refractivity contribution >= 4 is 0 Å². The van der Waals surface area contributed by atoms with Gasteiger partial charge in [0.25, 0.3) is 0 Å². The lowest BCUT2D eigenvalue weighted by molar-refractivity contribution is 0.415. The van der Waals surface area contributed by atoms with E-state index in [1.807, 2.05) is 41.1 Å². The largest absolute Gasteiger partial charge is 0.497 e. The number of pyridine rings is 1. The highest BCUT2D eigenvalue weighted by Crippen LogP contribution is 2.26. The van der Waals surface area contributed by atoms with Gasteiger partial charge in [-0.2, -0.15) is 5.10 Å². The van der Waals surface area contributed by atoms with Gasteiger partial charge in [0.15, 0.2) is 11.6 Å². The first-order valence-electron chi connectivity index (χ1n) is 7.20. The van der Waals surface area contributed by atoms with Crippen LogP contribution in [0.2, 0.25) is 0 Å². The van der Waals surface area contributed by atoms with E-state index < -0.39 is 0 Å². The van der Waals surface area contributed by atoms with Crippen LogP contribution in [0.1, 0.15) is 19.9 Å². The van der Waals surface area contributed by atoms with Crippen LogP contribution in [0.4, 0.5) is 0 Å². The summed E-state index contributed by atoms with van der Waals surface area (Å²) in [5, 5.41) is 4.65. The Bertz CT molecular complexity index is 748. The van der Waals surface area contributed by atoms with Crippen LogP contribution in [0.3, 0.4) is 0 Å². The van der Waals surface area contributed by atoms with Crippen LogP contribution >= 0.6 is 0 Å². The molecule has 0 atom stereocenters. The molecule has 0 radical (unpaired) electrons. The molecule has 22 heavy (non-hydrogen) atoms. The van der Waals surface area contributed by atoms with E-state index >= 15 is 0 Å². The molecular weight excluding hydrogens is 276 g/mol. The Morgan fingerprint density at radius 3 is 2.23 bits per heavy atom. The monoisotopic (exact) mass is 294 g/mol. The summed E-state index contributed by atoms with van der Waals surface area (Å²) in [6.07, 6.45) is 3.50. The number of benzene rings is 1. The second-order valence-corrected chi connectivity index (χ2v) is 5.26. The highest BCUT2D eigenvalue weighted by Gasteiger charge is 2.15. The molecule has 1 aromatic carbocycles. The third-order valence-corrected chi connectivity index (χ3v) is 3.41. The lowest BCUT2D eigenvalue weighted by atomic mass is 10.2. The summed E-state index contributed by atoms with van der Waals surface area (Å²) in [6, 6.07) is 11.9. The number of methoxy groups -OCH3 is 1. The van der Waals surface area contributed by atoms with Crippen LogP contribution in [0.15, 0.2) is 48.8 Å². The summed E-state index contributed by atoms with van der Waals surface area (Å²) in [4.78, 5) is 8.75. The Morgan fingerprint density at radius 1 is 0.955 bits per heavy atom. The first-order chi connectivity index (χ1) is 10.7. The molecule has 3 aromatic rings. The summed E-state index contributed by atoms with van der Waals surface area (Å²) in [7, 11) is 1.66. The van der Waals surface area contributed by atoms with E-state index in [0.29, 0.717) is 5.82 Å². The predicted molar refractivity (Wildman–Crippen MR) is 85.6 cm³/mol. The normalized spacial score (nSPS) is 10.9. The summed E-state index contributed by atoms with van der Waals surface area (Å²) < 4.78 is 7.15. The molecule has 5 heteroatoms. The number of ether oxygens (including phenoxy) is 1. The predicted octanol–water partition coefficient (Wildman–Crippen LogP) is 3.60. The molecule has 0 aliphatic heterocycles. The Hall–Kier alpha value is -2.69. The van der Waals surface area contributed by atoms with E-state index in [2.05, 4.69) is 23.9 Å². The minimum absolute atomic E-state index is 0.222. The molecule has 0 N–H and O–H groups in total.